The lowest BCUT2D eigenvalue weighted by molar-refractivity contribution is 0.0765. The molecule has 0 unspecified atom stereocenters. The number of hydrogen-bond acceptors (Lipinski definition) is 5. The summed E-state index contributed by atoms with van der Waals surface area (Å²) < 4.78 is 5.71. The number of anilines is 2. The molecule has 6 nitrogen and oxygen atoms in total. The van der Waals surface area contributed by atoms with Crippen molar-refractivity contribution in [1.29, 1.82) is 0 Å². The van der Waals surface area contributed by atoms with Crippen molar-refractivity contribution in [3.63, 3.8) is 0 Å². The first-order chi connectivity index (χ1) is 10.9. The molecule has 0 atom stereocenters. The Hall–Kier alpha value is -1.79. The van der Waals surface area contributed by atoms with Crippen molar-refractivity contribution in [2.45, 2.75) is 33.8 Å². The molecule has 0 bridgehead atoms. The molecule has 0 saturated carbocycles. The van der Waals surface area contributed by atoms with E-state index in [0.29, 0.717) is 12.2 Å². The molecule has 1 aromatic rings. The SMILES string of the molecule is CCN(CC)N(CCOC(C)C)c1ccc(C(N)=O)cc1NC. The maximum atomic E-state index is 11.4. The molecular formula is C17H30N4O2. The third kappa shape index (κ3) is 5.41. The van der Waals surface area contributed by atoms with Gasteiger partial charge in [-0.15, -0.1) is 0 Å². The average Bonchev–Trinajstić information content (AvgIpc) is 2.53. The van der Waals surface area contributed by atoms with Crippen molar-refractivity contribution in [1.82, 2.24) is 5.01 Å². The first kappa shape index (κ1) is 19.3. The molecule has 130 valence electrons. The molecule has 23 heavy (non-hydrogen) atoms. The summed E-state index contributed by atoms with van der Waals surface area (Å²) in [6.07, 6.45) is 0.203. The summed E-state index contributed by atoms with van der Waals surface area (Å²) in [4.78, 5) is 11.4. The fourth-order valence-electron chi connectivity index (χ4n) is 2.47. The summed E-state index contributed by atoms with van der Waals surface area (Å²) in [6.45, 7) is 11.5. The maximum absolute atomic E-state index is 11.4. The smallest absolute Gasteiger partial charge is 0.248 e. The molecule has 0 fully saturated rings. The summed E-state index contributed by atoms with van der Waals surface area (Å²) in [5.74, 6) is -0.425. The third-order valence-electron chi connectivity index (χ3n) is 3.65. The molecule has 0 spiro atoms. The van der Waals surface area contributed by atoms with Crippen molar-refractivity contribution in [2.75, 3.05) is 43.6 Å². The van der Waals surface area contributed by atoms with Crippen LogP contribution < -0.4 is 16.1 Å². The Balaban J connectivity index is 3.11. The lowest BCUT2D eigenvalue weighted by Gasteiger charge is -2.36. The highest BCUT2D eigenvalue weighted by atomic mass is 16.5. The van der Waals surface area contributed by atoms with Crippen LogP contribution in [0.15, 0.2) is 18.2 Å². The van der Waals surface area contributed by atoms with Crippen LogP contribution >= 0.6 is 0 Å². The third-order valence-corrected chi connectivity index (χ3v) is 3.65. The minimum Gasteiger partial charge on any atom is -0.386 e. The van der Waals surface area contributed by atoms with E-state index in [1.807, 2.05) is 27.0 Å². The zero-order valence-corrected chi connectivity index (χ0v) is 14.9. The molecule has 0 aliphatic heterocycles. The molecule has 0 aromatic heterocycles. The van der Waals surface area contributed by atoms with Crippen LogP contribution in [0.5, 0.6) is 0 Å². The topological polar surface area (TPSA) is 70.8 Å². The van der Waals surface area contributed by atoms with E-state index in [1.165, 1.54) is 0 Å². The van der Waals surface area contributed by atoms with Gasteiger partial charge in [-0.05, 0) is 32.0 Å². The molecule has 0 heterocycles. The van der Waals surface area contributed by atoms with E-state index in [0.717, 1.165) is 31.0 Å². The van der Waals surface area contributed by atoms with E-state index in [-0.39, 0.29) is 6.10 Å². The molecule has 0 radical (unpaired) electrons. The van der Waals surface area contributed by atoms with Gasteiger partial charge in [0.2, 0.25) is 5.91 Å². The second-order valence-electron chi connectivity index (χ2n) is 5.53. The summed E-state index contributed by atoms with van der Waals surface area (Å²) in [5, 5.41) is 7.59. The maximum Gasteiger partial charge on any atom is 0.248 e. The lowest BCUT2D eigenvalue weighted by Crippen LogP contribution is -2.45. The number of nitrogens with one attached hydrogen (secondary N) is 1. The standard InChI is InChI=1S/C17H30N4O2/c1-6-20(7-2)21(10-11-23-13(3)4)16-9-8-14(17(18)22)12-15(16)19-5/h8-9,12-13,19H,6-7,10-11H2,1-5H3,(H2,18,22). The van der Waals surface area contributed by atoms with Gasteiger partial charge in [-0.3, -0.25) is 4.79 Å². The fraction of sp³-hybridized carbons (Fsp3) is 0.588. The Morgan fingerprint density at radius 2 is 1.96 bits per heavy atom. The molecule has 0 aliphatic carbocycles. The van der Waals surface area contributed by atoms with Gasteiger partial charge in [0.05, 0.1) is 30.6 Å². The predicted octanol–water partition coefficient (Wildman–Crippen LogP) is 2.32. The number of carbonyl (C=O) groups is 1. The highest BCUT2D eigenvalue weighted by Gasteiger charge is 2.17. The number of rotatable bonds is 10. The van der Waals surface area contributed by atoms with Crippen molar-refractivity contribution in [2.24, 2.45) is 5.73 Å². The number of carbonyl (C=O) groups excluding carboxylic acids is 1. The molecule has 1 aromatic carbocycles. The van der Waals surface area contributed by atoms with Crippen LogP contribution in [-0.4, -0.2) is 50.3 Å². The molecule has 1 rings (SSSR count). The van der Waals surface area contributed by atoms with E-state index in [1.54, 1.807) is 12.1 Å². The zero-order valence-electron chi connectivity index (χ0n) is 14.9. The van der Waals surface area contributed by atoms with Crippen molar-refractivity contribution in [3.8, 4) is 0 Å². The van der Waals surface area contributed by atoms with Crippen LogP contribution in [0.25, 0.3) is 0 Å². The number of ether oxygens (including phenoxy) is 1. The number of hydrazine groups is 1. The molecule has 6 heteroatoms. The van der Waals surface area contributed by atoms with Gasteiger partial charge in [0, 0.05) is 25.7 Å². The van der Waals surface area contributed by atoms with Crippen LogP contribution in [0.4, 0.5) is 11.4 Å². The normalized spacial score (nSPS) is 11.1. The van der Waals surface area contributed by atoms with Gasteiger partial charge < -0.3 is 20.8 Å². The Kier molecular flexibility index (Phi) is 7.85. The summed E-state index contributed by atoms with van der Waals surface area (Å²) in [6, 6.07) is 5.48. The number of hydrogen-bond donors (Lipinski definition) is 2. The van der Waals surface area contributed by atoms with E-state index in [4.69, 9.17) is 10.5 Å². The summed E-state index contributed by atoms with van der Waals surface area (Å²) >= 11 is 0. The van der Waals surface area contributed by atoms with Crippen LogP contribution in [0.3, 0.4) is 0 Å². The minimum absolute atomic E-state index is 0.203. The van der Waals surface area contributed by atoms with Crippen LogP contribution in [0, 0.1) is 0 Å². The number of nitrogens with zero attached hydrogens (tertiary/aromatic N) is 2. The molecule has 3 N–H and O–H groups in total. The van der Waals surface area contributed by atoms with Crippen LogP contribution in [-0.2, 0) is 4.74 Å². The monoisotopic (exact) mass is 322 g/mol. The Morgan fingerprint density at radius 1 is 1.30 bits per heavy atom. The number of amides is 1. The molecule has 1 amide bonds. The molecular weight excluding hydrogens is 292 g/mol. The first-order valence-corrected chi connectivity index (χ1v) is 8.20. The van der Waals surface area contributed by atoms with E-state index < -0.39 is 5.91 Å². The van der Waals surface area contributed by atoms with Gasteiger partial charge in [-0.1, -0.05) is 13.8 Å². The second kappa shape index (κ2) is 9.37. The van der Waals surface area contributed by atoms with Crippen LogP contribution in [0.2, 0.25) is 0 Å². The lowest BCUT2D eigenvalue weighted by atomic mass is 10.1. The Bertz CT molecular complexity index is 501. The van der Waals surface area contributed by atoms with Gasteiger partial charge >= 0.3 is 0 Å². The fourth-order valence-corrected chi connectivity index (χ4v) is 2.47. The minimum atomic E-state index is -0.425. The summed E-state index contributed by atoms with van der Waals surface area (Å²) in [7, 11) is 1.84. The van der Waals surface area contributed by atoms with E-state index in [9.17, 15) is 4.79 Å². The Morgan fingerprint density at radius 3 is 2.43 bits per heavy atom. The predicted molar refractivity (Wildman–Crippen MR) is 95.9 cm³/mol. The number of nitrogens with two attached hydrogens (primary N) is 1. The summed E-state index contributed by atoms with van der Waals surface area (Å²) in [5.41, 5.74) is 7.76. The average molecular weight is 322 g/mol. The quantitative estimate of drug-likeness (QED) is 0.647. The van der Waals surface area contributed by atoms with Gasteiger partial charge in [-0.2, -0.15) is 0 Å². The number of primary amides is 1. The number of benzene rings is 1. The molecule has 0 saturated heterocycles. The van der Waals surface area contributed by atoms with Gasteiger partial charge in [0.25, 0.3) is 0 Å². The zero-order chi connectivity index (χ0) is 17.4. The van der Waals surface area contributed by atoms with Gasteiger partial charge in [0.15, 0.2) is 0 Å². The van der Waals surface area contributed by atoms with Crippen molar-refractivity contribution >= 4 is 17.3 Å². The Labute approximate surface area is 139 Å². The van der Waals surface area contributed by atoms with E-state index >= 15 is 0 Å². The van der Waals surface area contributed by atoms with Gasteiger partial charge in [-0.25, -0.2) is 5.01 Å². The second-order valence-corrected chi connectivity index (χ2v) is 5.53. The van der Waals surface area contributed by atoms with Crippen molar-refractivity contribution < 1.29 is 9.53 Å². The largest absolute Gasteiger partial charge is 0.386 e. The highest BCUT2D eigenvalue weighted by molar-refractivity contribution is 5.95. The van der Waals surface area contributed by atoms with Crippen molar-refractivity contribution in [3.05, 3.63) is 23.8 Å². The highest BCUT2D eigenvalue weighted by Crippen LogP contribution is 2.28. The van der Waals surface area contributed by atoms with Gasteiger partial charge in [0.1, 0.15) is 0 Å². The van der Waals surface area contributed by atoms with Crippen LogP contribution in [0.1, 0.15) is 38.1 Å². The van der Waals surface area contributed by atoms with E-state index in [2.05, 4.69) is 29.2 Å². The molecule has 0 aliphatic rings. The first-order valence-electron chi connectivity index (χ1n) is 8.20.